The maximum absolute atomic E-state index is 13.4. The van der Waals surface area contributed by atoms with Crippen LogP contribution in [0.5, 0.6) is 17.2 Å². The van der Waals surface area contributed by atoms with Gasteiger partial charge in [0.25, 0.3) is 11.8 Å². The topological polar surface area (TPSA) is 98.8 Å². The van der Waals surface area contributed by atoms with Gasteiger partial charge in [-0.1, -0.05) is 0 Å². The third kappa shape index (κ3) is 4.84. The second-order valence-corrected chi connectivity index (χ2v) is 8.92. The fourth-order valence-corrected chi connectivity index (χ4v) is 5.34. The van der Waals surface area contributed by atoms with Gasteiger partial charge in [-0.25, -0.2) is 0 Å². The average molecular weight is 482 g/mol. The van der Waals surface area contributed by atoms with Gasteiger partial charge in [0.1, 0.15) is 10.8 Å². The van der Waals surface area contributed by atoms with Crippen molar-refractivity contribution < 1.29 is 23.8 Å². The summed E-state index contributed by atoms with van der Waals surface area (Å²) in [4.78, 5) is 31.3. The van der Waals surface area contributed by atoms with Crippen LogP contribution in [0.1, 0.15) is 49.6 Å². The maximum Gasteiger partial charge on any atom is 0.257 e. The number of amides is 2. The van der Waals surface area contributed by atoms with Crippen molar-refractivity contribution in [2.75, 3.05) is 26.6 Å². The number of rotatable bonds is 8. The van der Waals surface area contributed by atoms with Gasteiger partial charge in [0.05, 0.1) is 32.5 Å². The molecule has 8 nitrogen and oxygen atoms in total. The number of carbonyl (C=O) groups excluding carboxylic acids is 2. The standard InChI is InChI=1S/C25H27N3O5S/c1-31-18-12-20(33-3)19(32-2)11-16(18)14-27-24(30)22-17-8-4-5-9-21(17)34-25(22)28-23(29)15-7-6-10-26-13-15/h6-7,10-13H,4-5,8-9,14H2,1-3H3,(H,27,30)(H,28,29). The SMILES string of the molecule is COc1cc(OC)c(OC)cc1CNC(=O)c1c(NC(=O)c2cccnc2)sc2c1CCCC2. The molecule has 0 spiro atoms. The van der Waals surface area contributed by atoms with Crippen molar-refractivity contribution in [2.24, 2.45) is 0 Å². The van der Waals surface area contributed by atoms with Crippen molar-refractivity contribution in [1.82, 2.24) is 10.3 Å². The summed E-state index contributed by atoms with van der Waals surface area (Å²) in [5.74, 6) is 1.14. The molecule has 0 saturated carbocycles. The van der Waals surface area contributed by atoms with Gasteiger partial charge in [-0.2, -0.15) is 0 Å². The Balaban J connectivity index is 1.60. The van der Waals surface area contributed by atoms with Crippen molar-refractivity contribution in [3.8, 4) is 17.2 Å². The molecule has 1 aliphatic rings. The first kappa shape index (κ1) is 23.6. The van der Waals surface area contributed by atoms with E-state index < -0.39 is 0 Å². The van der Waals surface area contributed by atoms with E-state index >= 15 is 0 Å². The molecule has 2 aromatic heterocycles. The fourth-order valence-electron chi connectivity index (χ4n) is 4.06. The molecular weight excluding hydrogens is 454 g/mol. The van der Waals surface area contributed by atoms with E-state index in [4.69, 9.17) is 14.2 Å². The van der Waals surface area contributed by atoms with Crippen molar-refractivity contribution >= 4 is 28.2 Å². The second-order valence-electron chi connectivity index (χ2n) is 7.81. The van der Waals surface area contributed by atoms with Gasteiger partial charge in [0.2, 0.25) is 0 Å². The van der Waals surface area contributed by atoms with Gasteiger partial charge in [0, 0.05) is 35.4 Å². The molecule has 0 bridgehead atoms. The predicted molar refractivity (Wildman–Crippen MR) is 130 cm³/mol. The van der Waals surface area contributed by atoms with Crippen LogP contribution < -0.4 is 24.8 Å². The summed E-state index contributed by atoms with van der Waals surface area (Å²) in [7, 11) is 4.68. The number of hydrogen-bond acceptors (Lipinski definition) is 7. The second kappa shape index (κ2) is 10.6. The molecule has 0 saturated heterocycles. The molecule has 3 aromatic rings. The Hall–Kier alpha value is -3.59. The van der Waals surface area contributed by atoms with Crippen molar-refractivity contribution in [1.29, 1.82) is 0 Å². The number of anilines is 1. The first-order valence-corrected chi connectivity index (χ1v) is 11.8. The van der Waals surface area contributed by atoms with Crippen LogP contribution in [0, 0.1) is 0 Å². The van der Waals surface area contributed by atoms with Crippen LogP contribution in [0.25, 0.3) is 0 Å². The van der Waals surface area contributed by atoms with E-state index in [9.17, 15) is 9.59 Å². The van der Waals surface area contributed by atoms with Gasteiger partial charge in [-0.05, 0) is 49.4 Å². The fraction of sp³-hybridized carbons (Fsp3) is 0.320. The van der Waals surface area contributed by atoms with Gasteiger partial charge in [0.15, 0.2) is 11.5 Å². The molecule has 2 amide bonds. The Morgan fingerprint density at radius 3 is 2.44 bits per heavy atom. The minimum Gasteiger partial charge on any atom is -0.496 e. The monoisotopic (exact) mass is 481 g/mol. The van der Waals surface area contributed by atoms with E-state index in [2.05, 4.69) is 15.6 Å². The highest BCUT2D eigenvalue weighted by Crippen LogP contribution is 2.39. The zero-order valence-electron chi connectivity index (χ0n) is 19.4. The summed E-state index contributed by atoms with van der Waals surface area (Å²) >= 11 is 1.48. The number of carbonyl (C=O) groups is 2. The normalized spacial score (nSPS) is 12.4. The zero-order valence-corrected chi connectivity index (χ0v) is 20.2. The van der Waals surface area contributed by atoms with E-state index in [0.29, 0.717) is 33.4 Å². The lowest BCUT2D eigenvalue weighted by Gasteiger charge is -2.16. The number of hydrogen-bond donors (Lipinski definition) is 2. The molecule has 0 unspecified atom stereocenters. The summed E-state index contributed by atoms with van der Waals surface area (Å²) in [5.41, 5.74) is 2.75. The molecule has 0 aliphatic heterocycles. The highest BCUT2D eigenvalue weighted by molar-refractivity contribution is 7.17. The molecule has 9 heteroatoms. The number of aromatic nitrogens is 1. The van der Waals surface area contributed by atoms with Crippen LogP contribution in [0.2, 0.25) is 0 Å². The van der Waals surface area contributed by atoms with E-state index in [1.807, 2.05) is 0 Å². The molecule has 0 atom stereocenters. The third-order valence-electron chi connectivity index (χ3n) is 5.78. The number of methoxy groups -OCH3 is 3. The Morgan fingerprint density at radius 1 is 1.00 bits per heavy atom. The highest BCUT2D eigenvalue weighted by atomic mass is 32.1. The quantitative estimate of drug-likeness (QED) is 0.500. The first-order chi connectivity index (χ1) is 16.5. The third-order valence-corrected chi connectivity index (χ3v) is 6.98. The van der Waals surface area contributed by atoms with Crippen molar-refractivity contribution in [3.05, 3.63) is 63.8 Å². The van der Waals surface area contributed by atoms with Crippen LogP contribution in [0.4, 0.5) is 5.00 Å². The molecule has 1 aliphatic carbocycles. The number of nitrogens with one attached hydrogen (secondary N) is 2. The zero-order chi connectivity index (χ0) is 24.1. The minimum atomic E-state index is -0.290. The Kier molecular flexibility index (Phi) is 7.32. The number of benzene rings is 1. The lowest BCUT2D eigenvalue weighted by Crippen LogP contribution is -2.25. The van der Waals surface area contributed by atoms with Crippen LogP contribution in [-0.4, -0.2) is 38.1 Å². The number of aryl methyl sites for hydroxylation is 1. The van der Waals surface area contributed by atoms with E-state index in [-0.39, 0.29) is 18.4 Å². The highest BCUT2D eigenvalue weighted by Gasteiger charge is 2.27. The maximum atomic E-state index is 13.4. The number of fused-ring (bicyclic) bond motifs is 1. The molecule has 4 rings (SSSR count). The minimum absolute atomic E-state index is 0.225. The summed E-state index contributed by atoms with van der Waals surface area (Å²) in [5, 5.41) is 6.50. The molecule has 0 radical (unpaired) electrons. The summed E-state index contributed by atoms with van der Waals surface area (Å²) in [6.07, 6.45) is 6.94. The largest absolute Gasteiger partial charge is 0.496 e. The Labute approximate surface area is 202 Å². The Bertz CT molecular complexity index is 1190. The average Bonchev–Trinajstić information content (AvgIpc) is 3.24. The van der Waals surface area contributed by atoms with Gasteiger partial charge in [-0.15, -0.1) is 11.3 Å². The van der Waals surface area contributed by atoms with Gasteiger partial charge in [-0.3, -0.25) is 14.6 Å². The predicted octanol–water partition coefficient (Wildman–Crippen LogP) is 4.23. The summed E-state index contributed by atoms with van der Waals surface area (Å²) < 4.78 is 16.2. The summed E-state index contributed by atoms with van der Waals surface area (Å²) in [6, 6.07) is 6.91. The number of pyridine rings is 1. The molecule has 178 valence electrons. The van der Waals surface area contributed by atoms with E-state index in [0.717, 1.165) is 41.7 Å². The molecular formula is C25H27N3O5S. The van der Waals surface area contributed by atoms with Crippen molar-refractivity contribution in [3.63, 3.8) is 0 Å². The van der Waals surface area contributed by atoms with E-state index in [1.54, 1.807) is 51.8 Å². The Morgan fingerprint density at radius 2 is 1.74 bits per heavy atom. The lowest BCUT2D eigenvalue weighted by molar-refractivity contribution is 0.0950. The molecule has 2 heterocycles. The number of ether oxygens (including phenoxy) is 3. The van der Waals surface area contributed by atoms with Crippen molar-refractivity contribution in [2.45, 2.75) is 32.2 Å². The molecule has 2 N–H and O–H groups in total. The van der Waals surface area contributed by atoms with Crippen LogP contribution in [0.15, 0.2) is 36.7 Å². The smallest absolute Gasteiger partial charge is 0.257 e. The summed E-state index contributed by atoms with van der Waals surface area (Å²) in [6.45, 7) is 0.225. The van der Waals surface area contributed by atoms with Crippen LogP contribution >= 0.6 is 11.3 Å². The first-order valence-electron chi connectivity index (χ1n) is 11.0. The van der Waals surface area contributed by atoms with Crippen LogP contribution in [0.3, 0.4) is 0 Å². The molecule has 0 fully saturated rings. The molecule has 1 aromatic carbocycles. The number of thiophene rings is 1. The molecule has 34 heavy (non-hydrogen) atoms. The van der Waals surface area contributed by atoms with Gasteiger partial charge >= 0.3 is 0 Å². The van der Waals surface area contributed by atoms with Gasteiger partial charge < -0.3 is 24.8 Å². The van der Waals surface area contributed by atoms with E-state index in [1.165, 1.54) is 17.5 Å². The van der Waals surface area contributed by atoms with Crippen LogP contribution in [-0.2, 0) is 19.4 Å². The lowest BCUT2D eigenvalue weighted by atomic mass is 9.95. The number of nitrogens with zero attached hydrogens (tertiary/aromatic N) is 1.